The summed E-state index contributed by atoms with van der Waals surface area (Å²) in [5, 5.41) is 1.90. The van der Waals surface area contributed by atoms with Crippen LogP contribution in [-0.2, 0) is 9.84 Å². The Morgan fingerprint density at radius 2 is 2.00 bits per heavy atom. The topological polar surface area (TPSA) is 60.2 Å². The third-order valence-corrected chi connectivity index (χ3v) is 5.90. The number of aryl methyl sites for hydroxylation is 2. The Morgan fingerprint density at radius 3 is 2.63 bits per heavy atom. The molecular weight excluding hydrogens is 278 g/mol. The molecule has 0 radical (unpaired) electrons. The lowest BCUT2D eigenvalue weighted by Crippen LogP contribution is -2.21. The van der Waals surface area contributed by atoms with Crippen LogP contribution in [0.15, 0.2) is 40.6 Å². The zero-order valence-corrected chi connectivity index (χ0v) is 12.6. The molecule has 0 fully saturated rings. The summed E-state index contributed by atoms with van der Waals surface area (Å²) in [7, 11) is -3.36. The van der Waals surface area contributed by atoms with Gasteiger partial charge >= 0.3 is 0 Å². The van der Waals surface area contributed by atoms with Crippen LogP contribution >= 0.6 is 11.3 Å². The van der Waals surface area contributed by atoms with Crippen LogP contribution < -0.4 is 5.73 Å². The fourth-order valence-corrected chi connectivity index (χ4v) is 4.54. The van der Waals surface area contributed by atoms with Gasteiger partial charge in [0, 0.05) is 4.88 Å². The van der Waals surface area contributed by atoms with Crippen molar-refractivity contribution in [1.82, 2.24) is 0 Å². The van der Waals surface area contributed by atoms with Crippen molar-refractivity contribution in [1.29, 1.82) is 0 Å². The second-order valence-corrected chi connectivity index (χ2v) is 7.65. The van der Waals surface area contributed by atoms with Gasteiger partial charge in [0.1, 0.15) is 0 Å². The minimum absolute atomic E-state index is 0.0577. The summed E-state index contributed by atoms with van der Waals surface area (Å²) in [6.07, 6.45) is 0. The minimum atomic E-state index is -3.36. The Labute approximate surface area is 118 Å². The van der Waals surface area contributed by atoms with E-state index in [9.17, 15) is 8.42 Å². The van der Waals surface area contributed by atoms with Gasteiger partial charge in [0.2, 0.25) is 0 Å². The molecule has 0 aliphatic rings. The molecule has 1 atom stereocenters. The number of sulfone groups is 1. The normalized spacial score (nSPS) is 13.4. The quantitative estimate of drug-likeness (QED) is 0.943. The molecule has 0 saturated heterocycles. The van der Waals surface area contributed by atoms with Crippen molar-refractivity contribution in [2.24, 2.45) is 5.73 Å². The van der Waals surface area contributed by atoms with Gasteiger partial charge < -0.3 is 5.73 Å². The monoisotopic (exact) mass is 295 g/mol. The number of hydrogen-bond acceptors (Lipinski definition) is 4. The maximum Gasteiger partial charge on any atom is 0.180 e. The first kappa shape index (κ1) is 14.2. The average Bonchev–Trinajstić information content (AvgIpc) is 2.85. The smallest absolute Gasteiger partial charge is 0.180 e. The van der Waals surface area contributed by atoms with Crippen molar-refractivity contribution in [2.45, 2.75) is 24.8 Å². The molecule has 0 bridgehead atoms. The van der Waals surface area contributed by atoms with E-state index in [1.54, 1.807) is 6.07 Å². The van der Waals surface area contributed by atoms with Gasteiger partial charge in [-0.3, -0.25) is 0 Å². The van der Waals surface area contributed by atoms with Crippen molar-refractivity contribution >= 4 is 21.2 Å². The van der Waals surface area contributed by atoms with Crippen molar-refractivity contribution in [2.75, 3.05) is 5.75 Å². The average molecular weight is 295 g/mol. The Balaban J connectivity index is 2.30. The van der Waals surface area contributed by atoms with Gasteiger partial charge in [0.25, 0.3) is 0 Å². The molecule has 2 N–H and O–H groups in total. The molecule has 19 heavy (non-hydrogen) atoms. The Morgan fingerprint density at radius 1 is 1.26 bits per heavy atom. The number of benzene rings is 1. The maximum atomic E-state index is 12.4. The van der Waals surface area contributed by atoms with E-state index in [4.69, 9.17) is 5.73 Å². The number of hydrogen-bond donors (Lipinski definition) is 1. The fraction of sp³-hybridized carbons (Fsp3) is 0.286. The maximum absolute atomic E-state index is 12.4. The van der Waals surface area contributed by atoms with E-state index in [0.717, 1.165) is 16.0 Å². The molecule has 0 amide bonds. The minimum Gasteiger partial charge on any atom is -0.322 e. The molecule has 1 unspecified atom stereocenters. The predicted molar refractivity (Wildman–Crippen MR) is 79.2 cm³/mol. The molecular formula is C14H17NO2S2. The van der Waals surface area contributed by atoms with E-state index >= 15 is 0 Å². The van der Waals surface area contributed by atoms with E-state index in [2.05, 4.69) is 0 Å². The van der Waals surface area contributed by atoms with E-state index in [0.29, 0.717) is 4.90 Å². The third kappa shape index (κ3) is 3.23. The summed E-state index contributed by atoms with van der Waals surface area (Å²) in [5.41, 5.74) is 7.69. The van der Waals surface area contributed by atoms with E-state index < -0.39 is 15.9 Å². The summed E-state index contributed by atoms with van der Waals surface area (Å²) in [5.74, 6) is -0.0577. The van der Waals surface area contributed by atoms with Crippen LogP contribution in [0.1, 0.15) is 22.0 Å². The van der Waals surface area contributed by atoms with Gasteiger partial charge in [0.15, 0.2) is 9.84 Å². The first-order chi connectivity index (χ1) is 8.90. The standard InChI is InChI=1S/C14H17NO2S2/c1-10-5-6-11(2)14(8-10)19(16,17)9-12(15)13-4-3-7-18-13/h3-8,12H,9,15H2,1-2H3. The highest BCUT2D eigenvalue weighted by Gasteiger charge is 2.22. The Bertz CT molecular complexity index is 661. The lowest BCUT2D eigenvalue weighted by Gasteiger charge is -2.13. The Hall–Kier alpha value is -1.17. The molecule has 0 spiro atoms. The van der Waals surface area contributed by atoms with Crippen LogP contribution in [0.4, 0.5) is 0 Å². The number of thiophene rings is 1. The van der Waals surface area contributed by atoms with Crippen molar-refractivity contribution in [3.63, 3.8) is 0 Å². The van der Waals surface area contributed by atoms with Gasteiger partial charge in [-0.05, 0) is 42.5 Å². The first-order valence-corrected chi connectivity index (χ1v) is 8.52. The van der Waals surface area contributed by atoms with Gasteiger partial charge in [-0.15, -0.1) is 11.3 Å². The highest BCUT2D eigenvalue weighted by Crippen LogP contribution is 2.24. The fourth-order valence-electron chi connectivity index (χ4n) is 1.95. The summed E-state index contributed by atoms with van der Waals surface area (Å²) in [6, 6.07) is 8.74. The molecule has 3 nitrogen and oxygen atoms in total. The van der Waals surface area contributed by atoms with Gasteiger partial charge in [-0.25, -0.2) is 8.42 Å². The molecule has 0 aliphatic heterocycles. The van der Waals surface area contributed by atoms with Crippen LogP contribution in [0.2, 0.25) is 0 Å². The molecule has 0 aliphatic carbocycles. The highest BCUT2D eigenvalue weighted by molar-refractivity contribution is 7.91. The summed E-state index contributed by atoms with van der Waals surface area (Å²) in [6.45, 7) is 3.70. The Kier molecular flexibility index (Phi) is 4.08. The molecule has 102 valence electrons. The lowest BCUT2D eigenvalue weighted by molar-refractivity contribution is 0.589. The van der Waals surface area contributed by atoms with Crippen molar-refractivity contribution in [3.8, 4) is 0 Å². The third-order valence-electron chi connectivity index (χ3n) is 2.99. The summed E-state index contributed by atoms with van der Waals surface area (Å²) < 4.78 is 24.9. The second-order valence-electron chi connectivity index (χ2n) is 4.67. The SMILES string of the molecule is Cc1ccc(C)c(S(=O)(=O)CC(N)c2cccs2)c1. The molecule has 2 aromatic rings. The van der Waals surface area contributed by atoms with E-state index in [1.807, 2.05) is 43.5 Å². The number of rotatable bonds is 4. The number of nitrogens with two attached hydrogens (primary N) is 1. The zero-order valence-electron chi connectivity index (χ0n) is 11.0. The molecule has 2 rings (SSSR count). The van der Waals surface area contributed by atoms with Gasteiger partial charge in [-0.2, -0.15) is 0 Å². The zero-order chi connectivity index (χ0) is 14.0. The van der Waals surface area contributed by atoms with Crippen LogP contribution in [0.25, 0.3) is 0 Å². The van der Waals surface area contributed by atoms with Crippen LogP contribution in [0.3, 0.4) is 0 Å². The molecule has 1 heterocycles. The molecule has 5 heteroatoms. The van der Waals surface area contributed by atoms with Gasteiger partial charge in [-0.1, -0.05) is 18.2 Å². The van der Waals surface area contributed by atoms with Crippen molar-refractivity contribution < 1.29 is 8.42 Å². The summed E-state index contributed by atoms with van der Waals surface area (Å²) in [4.78, 5) is 1.29. The summed E-state index contributed by atoms with van der Waals surface area (Å²) >= 11 is 1.48. The first-order valence-electron chi connectivity index (χ1n) is 5.99. The van der Waals surface area contributed by atoms with Crippen molar-refractivity contribution in [3.05, 3.63) is 51.7 Å². The molecule has 1 aromatic heterocycles. The van der Waals surface area contributed by atoms with Crippen LogP contribution in [0.5, 0.6) is 0 Å². The predicted octanol–water partition coefficient (Wildman–Crippen LogP) is 2.84. The second kappa shape index (κ2) is 5.45. The van der Waals surface area contributed by atoms with Crippen LogP contribution in [-0.4, -0.2) is 14.2 Å². The van der Waals surface area contributed by atoms with Crippen LogP contribution in [0, 0.1) is 13.8 Å². The molecule has 0 saturated carbocycles. The highest BCUT2D eigenvalue weighted by atomic mass is 32.2. The molecule has 1 aromatic carbocycles. The van der Waals surface area contributed by atoms with E-state index in [-0.39, 0.29) is 5.75 Å². The van der Waals surface area contributed by atoms with Gasteiger partial charge in [0.05, 0.1) is 16.7 Å². The largest absolute Gasteiger partial charge is 0.322 e. The van der Waals surface area contributed by atoms with E-state index in [1.165, 1.54) is 11.3 Å². The lowest BCUT2D eigenvalue weighted by atomic mass is 10.2.